The summed E-state index contributed by atoms with van der Waals surface area (Å²) in [6, 6.07) is 15.3. The fourth-order valence-electron chi connectivity index (χ4n) is 4.81. The Hall–Kier alpha value is -6.32. The van der Waals surface area contributed by atoms with E-state index in [1.165, 1.54) is 36.7 Å². The highest BCUT2D eigenvalue weighted by Gasteiger charge is 2.25. The molecule has 0 spiro atoms. The molecule has 0 amide bonds. The van der Waals surface area contributed by atoms with Gasteiger partial charge in [-0.25, -0.2) is 27.2 Å². The summed E-state index contributed by atoms with van der Waals surface area (Å²) in [6.07, 6.45) is 11.0. The zero-order valence-corrected chi connectivity index (χ0v) is 26.5. The number of nitrogens with zero attached hydrogens (tertiary/aromatic N) is 8. The monoisotopic (exact) mass is 688 g/mol. The van der Waals surface area contributed by atoms with Crippen LogP contribution >= 0.6 is 0 Å². The predicted octanol–water partition coefficient (Wildman–Crippen LogP) is 5.29. The normalized spacial score (nSPS) is 12.0. The smallest absolute Gasteiger partial charge is 0.315 e. The Morgan fingerprint density at radius 3 is 1.48 bits per heavy atom. The molecule has 12 nitrogen and oxygen atoms in total. The van der Waals surface area contributed by atoms with Gasteiger partial charge in [-0.05, 0) is 35.4 Å². The summed E-state index contributed by atoms with van der Waals surface area (Å²) in [6.45, 7) is 2.09. The molecule has 0 aliphatic carbocycles. The van der Waals surface area contributed by atoms with Crippen LogP contribution in [0.2, 0.25) is 0 Å². The molecule has 0 unspecified atom stereocenters. The number of carbonyl (C=O) groups is 2. The summed E-state index contributed by atoms with van der Waals surface area (Å²) >= 11 is 0. The Morgan fingerprint density at radius 2 is 1.08 bits per heavy atom. The zero-order valence-electron chi connectivity index (χ0n) is 26.5. The average Bonchev–Trinajstić information content (AvgIpc) is 3.89. The molecule has 0 aliphatic heterocycles. The Bertz CT molecular complexity index is 2020. The minimum absolute atomic E-state index is 0.103. The van der Waals surface area contributed by atoms with Crippen LogP contribution in [0.25, 0.3) is 22.3 Å². The molecule has 4 heterocycles. The van der Waals surface area contributed by atoms with Crippen LogP contribution in [0.4, 0.5) is 17.6 Å². The summed E-state index contributed by atoms with van der Waals surface area (Å²) in [4.78, 5) is 36.5. The average molecular weight is 689 g/mol. The van der Waals surface area contributed by atoms with Crippen molar-refractivity contribution in [3.63, 3.8) is 0 Å². The second-order valence-corrected chi connectivity index (χ2v) is 11.4. The van der Waals surface area contributed by atoms with Gasteiger partial charge in [0.15, 0.2) is 0 Å². The first-order valence-electron chi connectivity index (χ1n) is 15.0. The highest BCUT2D eigenvalue weighted by atomic mass is 19.3. The molecule has 256 valence electrons. The van der Waals surface area contributed by atoms with E-state index in [0.29, 0.717) is 33.6 Å². The lowest BCUT2D eigenvalue weighted by atomic mass is 10.0. The van der Waals surface area contributed by atoms with Gasteiger partial charge in [0, 0.05) is 60.6 Å². The van der Waals surface area contributed by atoms with Gasteiger partial charge in [-0.1, -0.05) is 46.1 Å². The predicted molar refractivity (Wildman–Crippen MR) is 169 cm³/mol. The van der Waals surface area contributed by atoms with Crippen LogP contribution in [-0.2, 0) is 34.5 Å². The zero-order chi connectivity index (χ0) is 35.5. The molecule has 0 aliphatic rings. The van der Waals surface area contributed by atoms with E-state index in [1.807, 2.05) is 0 Å². The third kappa shape index (κ3) is 8.39. The Kier molecular flexibility index (Phi) is 9.17. The molecule has 6 rings (SSSR count). The van der Waals surface area contributed by atoms with Crippen molar-refractivity contribution in [3.8, 4) is 22.3 Å². The molecule has 0 bridgehead atoms. The third-order valence-corrected chi connectivity index (χ3v) is 7.29. The van der Waals surface area contributed by atoms with Gasteiger partial charge in [-0.2, -0.15) is 10.2 Å². The summed E-state index contributed by atoms with van der Waals surface area (Å²) in [5, 5.41) is 16.8. The molecule has 0 saturated heterocycles. The molecule has 4 aromatic heterocycles. The van der Waals surface area contributed by atoms with E-state index in [1.54, 1.807) is 70.5 Å². The van der Waals surface area contributed by atoms with Gasteiger partial charge < -0.3 is 9.68 Å². The minimum atomic E-state index is -2.97. The number of aromatic nitrogens is 8. The van der Waals surface area contributed by atoms with Gasteiger partial charge in [0.1, 0.15) is 0 Å². The van der Waals surface area contributed by atoms with Crippen LogP contribution in [0, 0.1) is 0 Å². The van der Waals surface area contributed by atoms with Crippen LogP contribution in [0.1, 0.15) is 36.4 Å². The number of hydrogen-bond acceptors (Lipinski definition) is 8. The number of hydrogen-bond donors (Lipinski definition) is 0. The first-order valence-corrected chi connectivity index (χ1v) is 15.0. The maximum atomic E-state index is 13.7. The van der Waals surface area contributed by atoms with Gasteiger partial charge in [-0.15, -0.1) is 10.2 Å². The van der Waals surface area contributed by atoms with Gasteiger partial charge in [0.25, 0.3) is 11.8 Å². The van der Waals surface area contributed by atoms with Gasteiger partial charge in [0.2, 0.25) is 0 Å². The summed E-state index contributed by atoms with van der Waals surface area (Å²) < 4.78 is 58.0. The maximum Gasteiger partial charge on any atom is 0.358 e. The van der Waals surface area contributed by atoms with Gasteiger partial charge >= 0.3 is 11.9 Å². The fourth-order valence-corrected chi connectivity index (χ4v) is 4.81. The van der Waals surface area contributed by atoms with Crippen LogP contribution in [-0.4, -0.2) is 51.4 Å². The van der Waals surface area contributed by atoms with Crippen LogP contribution in [0.5, 0.6) is 0 Å². The van der Waals surface area contributed by atoms with Crippen molar-refractivity contribution in [1.29, 1.82) is 0 Å². The second kappa shape index (κ2) is 13.7. The topological polar surface area (TPSA) is 124 Å². The number of alkyl halides is 4. The molecule has 50 heavy (non-hydrogen) atoms. The number of benzene rings is 2. The number of halogens is 4. The number of rotatable bonds is 12. The molecule has 16 heteroatoms. The molecule has 6 aromatic rings. The third-order valence-electron chi connectivity index (χ3n) is 7.29. The van der Waals surface area contributed by atoms with E-state index < -0.39 is 23.8 Å². The first kappa shape index (κ1) is 33.6. The van der Waals surface area contributed by atoms with E-state index in [4.69, 9.17) is 9.68 Å². The van der Waals surface area contributed by atoms with E-state index in [0.717, 1.165) is 35.7 Å². The van der Waals surface area contributed by atoms with Crippen molar-refractivity contribution in [1.82, 2.24) is 39.4 Å². The first-order chi connectivity index (χ1) is 23.8. The molecule has 0 N–H and O–H groups in total. The molecular weight excluding hydrogens is 660 g/mol. The molecular formula is C34H28F4N8O4. The van der Waals surface area contributed by atoms with Crippen LogP contribution < -0.4 is 9.68 Å². The molecule has 0 saturated carbocycles. The summed E-state index contributed by atoms with van der Waals surface area (Å²) in [5.41, 5.74) is 3.23. The Morgan fingerprint density at radius 1 is 0.660 bits per heavy atom. The highest BCUT2D eigenvalue weighted by Crippen LogP contribution is 2.31. The van der Waals surface area contributed by atoms with Crippen molar-refractivity contribution in [2.75, 3.05) is 0 Å². The van der Waals surface area contributed by atoms with Gasteiger partial charge in [0.05, 0.1) is 49.3 Å². The molecule has 0 radical (unpaired) electrons. The van der Waals surface area contributed by atoms with Crippen molar-refractivity contribution in [2.45, 2.75) is 38.8 Å². The molecule has 0 atom stereocenters. The number of carbonyl (C=O) groups excluding carboxylic acids is 2. The maximum absolute atomic E-state index is 13.7. The summed E-state index contributed by atoms with van der Waals surface area (Å²) in [5.74, 6) is -7.75. The van der Waals surface area contributed by atoms with E-state index >= 15 is 0 Å². The van der Waals surface area contributed by atoms with Crippen molar-refractivity contribution >= 4 is 11.9 Å². The van der Waals surface area contributed by atoms with Crippen molar-refractivity contribution in [3.05, 3.63) is 133 Å². The standard InChI is InChI=1S/C34H28F4N8O4/c1-33(35,36)27-7-3-5-23(15-27)25-17-39-43(19-25)21-29-11-13-45(41-29)49-31(47)9-10-32(48)50-46-14-12-30(42-46)22-44-20-26(18-40-44)24-6-4-8-28(16-24)34(2,37)38/h3-20H,21-22H2,1-2H3/b10-9-. The second-order valence-electron chi connectivity index (χ2n) is 11.4. The van der Waals surface area contributed by atoms with Crippen molar-refractivity contribution in [2.24, 2.45) is 0 Å². The van der Waals surface area contributed by atoms with E-state index in [2.05, 4.69) is 20.4 Å². The Balaban J connectivity index is 0.978. The highest BCUT2D eigenvalue weighted by molar-refractivity contribution is 5.91. The largest absolute Gasteiger partial charge is 0.358 e. The lowest BCUT2D eigenvalue weighted by molar-refractivity contribution is -0.142. The SMILES string of the molecule is CC(F)(F)c1cccc(-c2cnn(Cc3ccn(OC(=O)/C=C\C(=O)On4ccc(Cn5cc(-c6cccc(C(C)(F)F)c6)cn5)n4)n3)c2)c1. The lowest BCUT2D eigenvalue weighted by Crippen LogP contribution is -2.21. The molecule has 2 aromatic carbocycles. The van der Waals surface area contributed by atoms with Crippen LogP contribution in [0.15, 0.2) is 110 Å². The summed E-state index contributed by atoms with van der Waals surface area (Å²) in [7, 11) is 0. The quantitative estimate of drug-likeness (QED) is 0.126. The van der Waals surface area contributed by atoms with E-state index in [9.17, 15) is 27.2 Å². The van der Waals surface area contributed by atoms with Crippen LogP contribution in [0.3, 0.4) is 0 Å². The van der Waals surface area contributed by atoms with Crippen molar-refractivity contribution < 1.29 is 36.8 Å². The Labute approximate surface area is 281 Å². The van der Waals surface area contributed by atoms with Gasteiger partial charge in [-0.3, -0.25) is 9.36 Å². The molecule has 0 fully saturated rings. The minimum Gasteiger partial charge on any atom is -0.315 e. The van der Waals surface area contributed by atoms with E-state index in [-0.39, 0.29) is 24.2 Å². The lowest BCUT2D eigenvalue weighted by Gasteiger charge is -2.11. The fraction of sp³-hybridized carbons (Fsp3) is 0.176.